The molecule has 0 aliphatic carbocycles. The van der Waals surface area contributed by atoms with Crippen LogP contribution in [0.25, 0.3) is 11.6 Å². The highest BCUT2D eigenvalue weighted by molar-refractivity contribution is 8.06. The van der Waals surface area contributed by atoms with Gasteiger partial charge in [0.1, 0.15) is 14.1 Å². The van der Waals surface area contributed by atoms with E-state index >= 15 is 0 Å². The van der Waals surface area contributed by atoms with Gasteiger partial charge in [0.05, 0.1) is 21.4 Å². The summed E-state index contributed by atoms with van der Waals surface area (Å²) in [5.74, 6) is 0. The Hall–Kier alpha value is -1.63. The molecule has 3 rings (SSSR count). The fourth-order valence-corrected chi connectivity index (χ4v) is 5.31. The van der Waals surface area contributed by atoms with E-state index in [2.05, 4.69) is 96.4 Å². The number of allylic oxidation sites excluding steroid dienone is 5. The van der Waals surface area contributed by atoms with Gasteiger partial charge in [-0.25, -0.2) is 0 Å². The fraction of sp³-hybridized carbons (Fsp3) is 0.300. The highest BCUT2D eigenvalue weighted by atomic mass is 32.2. The average Bonchev–Trinajstić information content (AvgIpc) is 3.24. The molecule has 0 N–H and O–H groups in total. The monoisotopic (exact) mass is 403 g/mol. The molecule has 0 radical (unpaired) electrons. The maximum absolute atomic E-state index is 2.26. The standard InChI is InChI=1S/C20H25N3S3/c1-14-11-24-18(21(14)4)9-7-17(20-23(6)16(3)13-26-20)8-10-19-22(5)15(2)12-25-19/h7-13H,1-6H3/q+2. The summed E-state index contributed by atoms with van der Waals surface area (Å²) in [6.45, 7) is 6.43. The molecular formula is C20H25N3S3+2. The van der Waals surface area contributed by atoms with Gasteiger partial charge in [-0.1, -0.05) is 34.4 Å². The SMILES string of the molecule is CC1=CS/C(=C/C=C(/C=C/c2scc(C)[n+]2C)c2scc(C)[n+]2C)N1C. The minimum atomic E-state index is 1.22. The summed E-state index contributed by atoms with van der Waals surface area (Å²) < 4.78 is 4.48. The second kappa shape index (κ2) is 7.94. The minimum Gasteiger partial charge on any atom is -0.343 e. The fourth-order valence-electron chi connectivity index (χ4n) is 2.50. The molecule has 3 heterocycles. The van der Waals surface area contributed by atoms with Gasteiger partial charge in [-0.05, 0) is 30.6 Å². The highest BCUT2D eigenvalue weighted by Gasteiger charge is 2.18. The van der Waals surface area contributed by atoms with Crippen molar-refractivity contribution in [3.05, 3.63) is 66.5 Å². The molecule has 0 aromatic carbocycles. The maximum Gasteiger partial charge on any atom is 0.268 e. The van der Waals surface area contributed by atoms with Crippen LogP contribution >= 0.6 is 34.4 Å². The highest BCUT2D eigenvalue weighted by Crippen LogP contribution is 2.33. The summed E-state index contributed by atoms with van der Waals surface area (Å²) in [6.07, 6.45) is 8.89. The van der Waals surface area contributed by atoms with Crippen molar-refractivity contribution in [1.29, 1.82) is 0 Å². The number of nitrogens with zero attached hydrogens (tertiary/aromatic N) is 3. The second-order valence-corrected chi connectivity index (χ2v) is 9.05. The number of thiazole rings is 2. The van der Waals surface area contributed by atoms with Crippen LogP contribution in [0, 0.1) is 13.8 Å². The number of rotatable bonds is 4. The van der Waals surface area contributed by atoms with E-state index in [1.807, 2.05) is 0 Å². The normalized spacial score (nSPS) is 17.0. The molecule has 0 fully saturated rings. The van der Waals surface area contributed by atoms with E-state index in [0.717, 1.165) is 0 Å². The van der Waals surface area contributed by atoms with Crippen LogP contribution in [0.1, 0.15) is 28.3 Å². The Bertz CT molecular complexity index is 942. The van der Waals surface area contributed by atoms with Gasteiger partial charge in [0.25, 0.3) is 10.0 Å². The molecule has 3 nitrogen and oxygen atoms in total. The van der Waals surface area contributed by atoms with Gasteiger partial charge in [-0.2, -0.15) is 9.13 Å². The van der Waals surface area contributed by atoms with Gasteiger partial charge in [-0.15, -0.1) is 0 Å². The summed E-state index contributed by atoms with van der Waals surface area (Å²) in [6, 6.07) is 0. The molecule has 0 amide bonds. The largest absolute Gasteiger partial charge is 0.343 e. The van der Waals surface area contributed by atoms with Crippen LogP contribution in [0.3, 0.4) is 0 Å². The molecule has 1 aliphatic rings. The lowest BCUT2D eigenvalue weighted by atomic mass is 10.2. The Morgan fingerprint density at radius 1 is 1.04 bits per heavy atom. The number of aromatic nitrogens is 2. The zero-order chi connectivity index (χ0) is 18.8. The van der Waals surface area contributed by atoms with Gasteiger partial charge in [0.2, 0.25) is 0 Å². The summed E-state index contributed by atoms with van der Waals surface area (Å²) >= 11 is 5.34. The third kappa shape index (κ3) is 3.87. The molecule has 0 atom stereocenters. The van der Waals surface area contributed by atoms with Crippen molar-refractivity contribution in [2.45, 2.75) is 20.8 Å². The summed E-state index contributed by atoms with van der Waals surface area (Å²) in [4.78, 5) is 2.23. The molecule has 6 heteroatoms. The van der Waals surface area contributed by atoms with Crippen LogP contribution in [-0.2, 0) is 14.1 Å². The first-order valence-electron chi connectivity index (χ1n) is 8.44. The predicted molar refractivity (Wildman–Crippen MR) is 115 cm³/mol. The first-order chi connectivity index (χ1) is 12.4. The van der Waals surface area contributed by atoms with E-state index in [-0.39, 0.29) is 0 Å². The average molecular weight is 404 g/mol. The Kier molecular flexibility index (Phi) is 5.85. The molecule has 0 bridgehead atoms. The number of aryl methyl sites for hydroxylation is 2. The molecule has 1 aliphatic heterocycles. The Balaban J connectivity index is 1.97. The van der Waals surface area contributed by atoms with Gasteiger partial charge in [0, 0.05) is 32.7 Å². The Labute approximate surface area is 168 Å². The van der Waals surface area contributed by atoms with Gasteiger partial charge >= 0.3 is 0 Å². The maximum atomic E-state index is 2.26. The lowest BCUT2D eigenvalue weighted by molar-refractivity contribution is -0.674. The van der Waals surface area contributed by atoms with Crippen LogP contribution in [0.15, 0.2) is 45.1 Å². The van der Waals surface area contributed by atoms with Gasteiger partial charge in [-0.3, -0.25) is 0 Å². The quantitative estimate of drug-likeness (QED) is 0.548. The lowest BCUT2D eigenvalue weighted by Crippen LogP contribution is -2.32. The first kappa shape index (κ1) is 19.1. The van der Waals surface area contributed by atoms with E-state index in [1.165, 1.54) is 37.7 Å². The molecule has 0 saturated carbocycles. The first-order valence-corrected chi connectivity index (χ1v) is 11.1. The molecule has 0 spiro atoms. The summed E-state index contributed by atoms with van der Waals surface area (Å²) in [5, 5.41) is 10.4. The zero-order valence-electron chi connectivity index (χ0n) is 16.1. The molecule has 0 unspecified atom stereocenters. The zero-order valence-corrected chi connectivity index (χ0v) is 18.6. The van der Waals surface area contributed by atoms with Crippen molar-refractivity contribution in [3.63, 3.8) is 0 Å². The Morgan fingerprint density at radius 3 is 2.27 bits per heavy atom. The number of hydrogen-bond donors (Lipinski definition) is 0. The lowest BCUT2D eigenvalue weighted by Gasteiger charge is -2.13. The van der Waals surface area contributed by atoms with Crippen LogP contribution in [-0.4, -0.2) is 11.9 Å². The molecule has 2 aromatic rings. The van der Waals surface area contributed by atoms with Crippen LogP contribution in [0.5, 0.6) is 0 Å². The molecule has 26 heavy (non-hydrogen) atoms. The van der Waals surface area contributed by atoms with E-state index < -0.39 is 0 Å². The molecule has 136 valence electrons. The molecule has 0 saturated heterocycles. The van der Waals surface area contributed by atoms with Crippen molar-refractivity contribution in [1.82, 2.24) is 4.90 Å². The molecular weight excluding hydrogens is 378 g/mol. The van der Waals surface area contributed by atoms with E-state index in [4.69, 9.17) is 0 Å². The van der Waals surface area contributed by atoms with Gasteiger partial charge < -0.3 is 4.90 Å². The van der Waals surface area contributed by atoms with Crippen molar-refractivity contribution >= 4 is 46.1 Å². The van der Waals surface area contributed by atoms with Crippen molar-refractivity contribution in [3.8, 4) is 0 Å². The summed E-state index contributed by atoms with van der Waals surface area (Å²) in [5.41, 5.74) is 5.07. The smallest absolute Gasteiger partial charge is 0.268 e. The van der Waals surface area contributed by atoms with Crippen LogP contribution in [0.2, 0.25) is 0 Å². The van der Waals surface area contributed by atoms with E-state index in [9.17, 15) is 0 Å². The second-order valence-electron chi connectivity index (χ2n) is 6.41. The van der Waals surface area contributed by atoms with E-state index in [1.54, 1.807) is 34.4 Å². The van der Waals surface area contributed by atoms with Crippen LogP contribution in [0.4, 0.5) is 0 Å². The van der Waals surface area contributed by atoms with Crippen molar-refractivity contribution in [2.75, 3.05) is 7.05 Å². The minimum absolute atomic E-state index is 1.22. The van der Waals surface area contributed by atoms with E-state index in [0.29, 0.717) is 0 Å². The number of thioether (sulfide) groups is 1. The third-order valence-electron chi connectivity index (χ3n) is 4.65. The topological polar surface area (TPSA) is 11.0 Å². The third-order valence-corrected chi connectivity index (χ3v) is 8.07. The van der Waals surface area contributed by atoms with Gasteiger partial charge in [0.15, 0.2) is 11.4 Å². The van der Waals surface area contributed by atoms with Crippen LogP contribution < -0.4 is 9.13 Å². The summed E-state index contributed by atoms with van der Waals surface area (Å²) in [7, 11) is 6.36. The molecule has 2 aromatic heterocycles. The van der Waals surface area contributed by atoms with Crippen molar-refractivity contribution in [2.24, 2.45) is 14.1 Å². The Morgan fingerprint density at radius 2 is 1.73 bits per heavy atom. The van der Waals surface area contributed by atoms with Crippen molar-refractivity contribution < 1.29 is 9.13 Å². The number of hydrogen-bond acceptors (Lipinski definition) is 4. The predicted octanol–water partition coefficient (Wildman–Crippen LogP) is 4.55.